The third-order valence-electron chi connectivity index (χ3n) is 7.88. The van der Waals surface area contributed by atoms with Crippen LogP contribution in [0.25, 0.3) is 10.9 Å². The molecule has 1 aromatic heterocycles. The Labute approximate surface area is 188 Å². The van der Waals surface area contributed by atoms with Crippen molar-refractivity contribution < 1.29 is 13.2 Å². The van der Waals surface area contributed by atoms with Gasteiger partial charge in [0.1, 0.15) is 5.69 Å². The van der Waals surface area contributed by atoms with Crippen molar-refractivity contribution in [1.29, 1.82) is 0 Å². The molecule has 4 bridgehead atoms. The summed E-state index contributed by atoms with van der Waals surface area (Å²) in [5.41, 5.74) is 1.54. The van der Waals surface area contributed by atoms with Crippen LogP contribution in [0.15, 0.2) is 59.5 Å². The summed E-state index contributed by atoms with van der Waals surface area (Å²) in [6, 6.07) is 15.8. The SMILES string of the molecule is Cc1ccc(S(=O)(=O)n2c(C(=O)NC34CC5CC(CC(C5)C3)C4)cc3ccccc32)cc1. The Morgan fingerprint density at radius 1 is 0.938 bits per heavy atom. The maximum atomic E-state index is 13.7. The Morgan fingerprint density at radius 3 is 2.16 bits per heavy atom. The number of benzene rings is 2. The van der Waals surface area contributed by atoms with E-state index in [0.717, 1.165) is 30.2 Å². The van der Waals surface area contributed by atoms with Crippen LogP contribution in [-0.4, -0.2) is 23.8 Å². The summed E-state index contributed by atoms with van der Waals surface area (Å²) < 4.78 is 28.6. The van der Waals surface area contributed by atoms with E-state index in [9.17, 15) is 13.2 Å². The molecule has 166 valence electrons. The number of carbonyl (C=O) groups excluding carboxylic acids is 1. The van der Waals surface area contributed by atoms with E-state index in [-0.39, 0.29) is 22.0 Å². The van der Waals surface area contributed by atoms with Crippen molar-refractivity contribution in [3.63, 3.8) is 0 Å². The molecule has 0 aliphatic heterocycles. The molecule has 1 amide bonds. The van der Waals surface area contributed by atoms with Crippen molar-refractivity contribution in [3.05, 3.63) is 65.9 Å². The molecular formula is C26H28N2O3S. The zero-order valence-corrected chi connectivity index (χ0v) is 19.1. The maximum absolute atomic E-state index is 13.7. The van der Waals surface area contributed by atoms with Crippen LogP contribution in [0.2, 0.25) is 0 Å². The largest absolute Gasteiger partial charge is 0.345 e. The molecule has 0 spiro atoms. The molecule has 4 aliphatic carbocycles. The van der Waals surface area contributed by atoms with E-state index >= 15 is 0 Å². The van der Waals surface area contributed by atoms with Gasteiger partial charge in [0.25, 0.3) is 15.9 Å². The third-order valence-corrected chi connectivity index (χ3v) is 9.62. The zero-order chi connectivity index (χ0) is 22.1. The first kappa shape index (κ1) is 20.0. The predicted octanol–water partition coefficient (Wildman–Crippen LogP) is 4.89. The maximum Gasteiger partial charge on any atom is 0.269 e. The van der Waals surface area contributed by atoms with Gasteiger partial charge in [0.05, 0.1) is 10.4 Å². The van der Waals surface area contributed by atoms with Crippen LogP contribution in [0.5, 0.6) is 0 Å². The summed E-state index contributed by atoms with van der Waals surface area (Å²) in [4.78, 5) is 13.8. The summed E-state index contributed by atoms with van der Waals surface area (Å²) in [6.07, 6.45) is 6.94. The lowest BCUT2D eigenvalue weighted by Gasteiger charge is -2.56. The lowest BCUT2D eigenvalue weighted by Crippen LogP contribution is -2.60. The van der Waals surface area contributed by atoms with E-state index < -0.39 is 10.0 Å². The molecule has 6 heteroatoms. The van der Waals surface area contributed by atoms with Gasteiger partial charge in [0, 0.05) is 10.9 Å². The minimum Gasteiger partial charge on any atom is -0.345 e. The zero-order valence-electron chi connectivity index (χ0n) is 18.3. The van der Waals surface area contributed by atoms with E-state index in [0.29, 0.717) is 23.3 Å². The summed E-state index contributed by atoms with van der Waals surface area (Å²) >= 11 is 0. The van der Waals surface area contributed by atoms with Gasteiger partial charge in [-0.25, -0.2) is 12.4 Å². The fourth-order valence-corrected chi connectivity index (χ4v) is 8.44. The normalized spacial score (nSPS) is 28.8. The number of aryl methyl sites for hydroxylation is 1. The van der Waals surface area contributed by atoms with Crippen molar-refractivity contribution in [1.82, 2.24) is 9.29 Å². The number of nitrogens with zero attached hydrogens (tertiary/aromatic N) is 1. The monoisotopic (exact) mass is 448 g/mol. The number of carbonyl (C=O) groups is 1. The molecule has 5 nitrogen and oxygen atoms in total. The van der Waals surface area contributed by atoms with Gasteiger partial charge < -0.3 is 5.32 Å². The lowest BCUT2D eigenvalue weighted by atomic mass is 9.53. The van der Waals surface area contributed by atoms with Crippen molar-refractivity contribution in [2.45, 2.75) is 55.9 Å². The minimum atomic E-state index is -3.92. The molecule has 0 atom stereocenters. The molecule has 32 heavy (non-hydrogen) atoms. The number of para-hydroxylation sites is 1. The predicted molar refractivity (Wildman–Crippen MR) is 124 cm³/mol. The number of nitrogens with one attached hydrogen (secondary N) is 1. The first-order valence-electron chi connectivity index (χ1n) is 11.6. The summed E-state index contributed by atoms with van der Waals surface area (Å²) in [7, 11) is -3.92. The molecule has 7 rings (SSSR count). The second-order valence-electron chi connectivity index (χ2n) is 10.3. The average Bonchev–Trinajstić information content (AvgIpc) is 3.13. The molecule has 4 saturated carbocycles. The number of fused-ring (bicyclic) bond motifs is 1. The fraction of sp³-hybridized carbons (Fsp3) is 0.423. The van der Waals surface area contributed by atoms with E-state index in [4.69, 9.17) is 0 Å². The molecule has 3 aromatic rings. The molecule has 1 heterocycles. The number of hydrogen-bond acceptors (Lipinski definition) is 3. The second kappa shape index (κ2) is 6.95. The summed E-state index contributed by atoms with van der Waals surface area (Å²) in [5, 5.41) is 4.10. The van der Waals surface area contributed by atoms with Gasteiger partial charge >= 0.3 is 0 Å². The van der Waals surface area contributed by atoms with Crippen LogP contribution >= 0.6 is 0 Å². The number of rotatable bonds is 4. The van der Waals surface area contributed by atoms with Crippen molar-refractivity contribution in [2.24, 2.45) is 17.8 Å². The Balaban J connectivity index is 1.43. The van der Waals surface area contributed by atoms with Crippen LogP contribution in [0.3, 0.4) is 0 Å². The quantitative estimate of drug-likeness (QED) is 0.618. The highest BCUT2D eigenvalue weighted by Crippen LogP contribution is 2.55. The Bertz CT molecular complexity index is 1290. The minimum absolute atomic E-state index is 0.180. The van der Waals surface area contributed by atoms with Crippen LogP contribution in [0, 0.1) is 24.7 Å². The van der Waals surface area contributed by atoms with Crippen LogP contribution < -0.4 is 5.32 Å². The molecule has 1 N–H and O–H groups in total. The Hall–Kier alpha value is -2.60. The van der Waals surface area contributed by atoms with E-state index in [1.807, 2.05) is 25.1 Å². The van der Waals surface area contributed by atoms with Crippen molar-refractivity contribution in [2.75, 3.05) is 0 Å². The van der Waals surface area contributed by atoms with E-state index in [1.54, 1.807) is 36.4 Å². The van der Waals surface area contributed by atoms with Gasteiger partial charge in [-0.2, -0.15) is 0 Å². The van der Waals surface area contributed by atoms with Crippen LogP contribution in [0.4, 0.5) is 0 Å². The lowest BCUT2D eigenvalue weighted by molar-refractivity contribution is -0.0168. The third kappa shape index (κ3) is 3.11. The number of aromatic nitrogens is 1. The second-order valence-corrected chi connectivity index (χ2v) is 12.1. The summed E-state index contributed by atoms with van der Waals surface area (Å²) in [6.45, 7) is 1.92. The number of amides is 1. The Kier molecular flexibility index (Phi) is 4.35. The molecule has 2 aromatic carbocycles. The van der Waals surface area contributed by atoms with Crippen LogP contribution in [0.1, 0.15) is 54.6 Å². The first-order valence-corrected chi connectivity index (χ1v) is 13.0. The highest BCUT2D eigenvalue weighted by molar-refractivity contribution is 7.90. The van der Waals surface area contributed by atoms with Gasteiger partial charge in [-0.1, -0.05) is 35.9 Å². The topological polar surface area (TPSA) is 68.2 Å². The molecule has 4 fully saturated rings. The number of hydrogen-bond donors (Lipinski definition) is 1. The Morgan fingerprint density at radius 2 is 1.53 bits per heavy atom. The van der Waals surface area contributed by atoms with Crippen LogP contribution in [-0.2, 0) is 10.0 Å². The van der Waals surface area contributed by atoms with Crippen molar-refractivity contribution in [3.8, 4) is 0 Å². The van der Waals surface area contributed by atoms with E-state index in [1.165, 1.54) is 23.2 Å². The molecule has 0 saturated heterocycles. The molecule has 0 radical (unpaired) electrons. The average molecular weight is 449 g/mol. The van der Waals surface area contributed by atoms with Crippen molar-refractivity contribution >= 4 is 26.8 Å². The molecule has 0 unspecified atom stereocenters. The first-order chi connectivity index (χ1) is 15.3. The van der Waals surface area contributed by atoms with Gasteiger partial charge in [-0.3, -0.25) is 4.79 Å². The fourth-order valence-electron chi connectivity index (χ4n) is 6.93. The standard InChI is InChI=1S/C26H28N2O3S/c1-17-6-8-22(9-7-17)32(30,31)28-23-5-3-2-4-21(23)13-24(28)25(29)27-26-14-18-10-19(15-26)12-20(11-18)16-26/h2-9,13,18-20H,10-12,14-16H2,1H3,(H,27,29). The smallest absolute Gasteiger partial charge is 0.269 e. The van der Waals surface area contributed by atoms with Gasteiger partial charge in [-0.15, -0.1) is 0 Å². The van der Waals surface area contributed by atoms with E-state index in [2.05, 4.69) is 5.32 Å². The van der Waals surface area contributed by atoms with Gasteiger partial charge in [0.15, 0.2) is 0 Å². The molecule has 4 aliphatic rings. The highest BCUT2D eigenvalue weighted by Gasteiger charge is 2.51. The highest BCUT2D eigenvalue weighted by atomic mass is 32.2. The molecular weight excluding hydrogens is 420 g/mol. The summed E-state index contributed by atoms with van der Waals surface area (Å²) in [5.74, 6) is 1.81. The van der Waals surface area contributed by atoms with Gasteiger partial charge in [-0.05, 0) is 87.5 Å². The van der Waals surface area contributed by atoms with Gasteiger partial charge in [0.2, 0.25) is 0 Å².